The van der Waals surface area contributed by atoms with Gasteiger partial charge in [-0.3, -0.25) is 0 Å². The van der Waals surface area contributed by atoms with Crippen molar-refractivity contribution < 1.29 is 13.9 Å². The number of nitrogens with zero attached hydrogens (tertiary/aromatic N) is 2. The molecule has 2 aliphatic heterocycles. The molecule has 138 valence electrons. The Hall–Kier alpha value is -1.82. The van der Waals surface area contributed by atoms with Gasteiger partial charge in [0.1, 0.15) is 0 Å². The first-order valence-electron chi connectivity index (χ1n) is 9.22. The molecule has 2 fully saturated rings. The summed E-state index contributed by atoms with van der Waals surface area (Å²) in [5.41, 5.74) is 0.742. The Balaban J connectivity index is 1.57. The van der Waals surface area contributed by atoms with E-state index in [1.807, 2.05) is 11.8 Å². The summed E-state index contributed by atoms with van der Waals surface area (Å²) >= 11 is 0. The molecule has 2 amide bonds. The molecule has 1 aromatic carbocycles. The molecular formula is C19H28FN3O2. The molecule has 2 saturated heterocycles. The van der Waals surface area contributed by atoms with E-state index in [0.717, 1.165) is 38.0 Å². The number of carbonyl (C=O) groups is 1. The van der Waals surface area contributed by atoms with Gasteiger partial charge in [0.05, 0.1) is 6.61 Å². The van der Waals surface area contributed by atoms with Gasteiger partial charge in [-0.2, -0.15) is 0 Å². The van der Waals surface area contributed by atoms with Gasteiger partial charge in [0, 0.05) is 25.7 Å². The van der Waals surface area contributed by atoms with Gasteiger partial charge in [0.2, 0.25) is 0 Å². The number of nitrogens with one attached hydrogen (secondary N) is 1. The maximum absolute atomic E-state index is 13.9. The Morgan fingerprint density at radius 1 is 1.36 bits per heavy atom. The number of benzene rings is 1. The number of halogens is 1. The summed E-state index contributed by atoms with van der Waals surface area (Å²) in [4.78, 5) is 17.0. The third-order valence-electron chi connectivity index (χ3n) is 5.27. The summed E-state index contributed by atoms with van der Waals surface area (Å²) in [7, 11) is 2.15. The van der Waals surface area contributed by atoms with E-state index in [1.54, 1.807) is 12.1 Å². The topological polar surface area (TPSA) is 44.8 Å². The average molecular weight is 349 g/mol. The quantitative estimate of drug-likeness (QED) is 0.909. The molecule has 1 N–H and O–H groups in total. The monoisotopic (exact) mass is 349 g/mol. The fourth-order valence-electron chi connectivity index (χ4n) is 4.04. The van der Waals surface area contributed by atoms with Crippen LogP contribution in [0.4, 0.5) is 9.18 Å². The van der Waals surface area contributed by atoms with Crippen LogP contribution >= 0.6 is 0 Å². The first-order valence-corrected chi connectivity index (χ1v) is 9.22. The number of likely N-dealkylation sites (tertiary alicyclic amines) is 2. The first kappa shape index (κ1) is 18.0. The lowest BCUT2D eigenvalue weighted by atomic mass is 9.84. The van der Waals surface area contributed by atoms with Crippen LogP contribution in [0.25, 0.3) is 0 Å². The highest BCUT2D eigenvalue weighted by Crippen LogP contribution is 2.30. The lowest BCUT2D eigenvalue weighted by Crippen LogP contribution is -2.57. The smallest absolute Gasteiger partial charge is 0.317 e. The molecule has 1 aromatic rings. The van der Waals surface area contributed by atoms with Gasteiger partial charge >= 0.3 is 6.03 Å². The van der Waals surface area contributed by atoms with Crippen LogP contribution in [0, 0.1) is 11.7 Å². The second kappa shape index (κ2) is 8.04. The number of amides is 2. The van der Waals surface area contributed by atoms with Crippen molar-refractivity contribution in [3.63, 3.8) is 0 Å². The van der Waals surface area contributed by atoms with Gasteiger partial charge in [-0.25, -0.2) is 9.18 Å². The fourth-order valence-corrected chi connectivity index (χ4v) is 4.04. The van der Waals surface area contributed by atoms with Crippen LogP contribution in [0.15, 0.2) is 18.2 Å². The zero-order valence-corrected chi connectivity index (χ0v) is 15.1. The maximum Gasteiger partial charge on any atom is 0.317 e. The molecule has 3 rings (SSSR count). The van der Waals surface area contributed by atoms with Crippen LogP contribution in [-0.4, -0.2) is 55.2 Å². The van der Waals surface area contributed by atoms with Gasteiger partial charge in [-0.15, -0.1) is 0 Å². The van der Waals surface area contributed by atoms with Crippen LogP contribution < -0.4 is 10.1 Å². The van der Waals surface area contributed by atoms with E-state index in [9.17, 15) is 9.18 Å². The van der Waals surface area contributed by atoms with Crippen molar-refractivity contribution >= 4 is 6.03 Å². The van der Waals surface area contributed by atoms with E-state index in [4.69, 9.17) is 4.74 Å². The number of hydrogen-bond donors (Lipinski definition) is 1. The molecule has 0 aromatic heterocycles. The third kappa shape index (κ3) is 4.24. The van der Waals surface area contributed by atoms with E-state index in [2.05, 4.69) is 17.3 Å². The van der Waals surface area contributed by atoms with E-state index >= 15 is 0 Å². The van der Waals surface area contributed by atoms with Crippen LogP contribution in [0.2, 0.25) is 0 Å². The van der Waals surface area contributed by atoms with E-state index in [0.29, 0.717) is 25.1 Å². The molecule has 2 heterocycles. The number of fused-ring (bicyclic) bond motifs is 1. The molecule has 0 spiro atoms. The Kier molecular flexibility index (Phi) is 5.78. The van der Waals surface area contributed by atoms with Gasteiger partial charge < -0.3 is 19.9 Å². The lowest BCUT2D eigenvalue weighted by molar-refractivity contribution is 0.0532. The van der Waals surface area contributed by atoms with Crippen molar-refractivity contribution in [1.82, 2.24) is 15.1 Å². The van der Waals surface area contributed by atoms with Gasteiger partial charge in [0.25, 0.3) is 0 Å². The second-order valence-electron chi connectivity index (χ2n) is 7.07. The molecule has 0 radical (unpaired) electrons. The predicted molar refractivity (Wildman–Crippen MR) is 95.1 cm³/mol. The minimum atomic E-state index is -0.387. The SMILES string of the molecule is CCOc1ccc(CNC(=O)N2CCC[C@H]3CN(C)CC[C@H]32)cc1F. The van der Waals surface area contributed by atoms with E-state index in [1.165, 1.54) is 12.5 Å². The standard InChI is InChI=1S/C19H28FN3O2/c1-3-25-18-7-6-14(11-16(18)20)12-21-19(24)23-9-4-5-15-13-22(2)10-8-17(15)23/h6-7,11,15,17H,3-5,8-10,12-13H2,1-2H3,(H,21,24)/t15-,17+/m0/s1. The molecule has 0 aliphatic carbocycles. The van der Waals surface area contributed by atoms with Crippen LogP contribution in [-0.2, 0) is 6.54 Å². The molecule has 2 aliphatic rings. The maximum atomic E-state index is 13.9. The Bertz CT molecular complexity index is 610. The zero-order valence-electron chi connectivity index (χ0n) is 15.1. The lowest BCUT2D eigenvalue weighted by Gasteiger charge is -2.46. The molecule has 25 heavy (non-hydrogen) atoms. The van der Waals surface area contributed by atoms with Gasteiger partial charge in [0.15, 0.2) is 11.6 Å². The molecule has 0 unspecified atom stereocenters. The Labute approximate surface area is 149 Å². The summed E-state index contributed by atoms with van der Waals surface area (Å²) in [5.74, 6) is 0.436. The number of piperidine rings is 2. The van der Waals surface area contributed by atoms with Crippen LogP contribution in [0.5, 0.6) is 5.75 Å². The first-order chi connectivity index (χ1) is 12.1. The van der Waals surface area contributed by atoms with E-state index < -0.39 is 0 Å². The van der Waals surface area contributed by atoms with Gasteiger partial charge in [-0.05, 0) is 63.4 Å². The summed E-state index contributed by atoms with van der Waals surface area (Å²) in [6, 6.07) is 5.15. The fraction of sp³-hybridized carbons (Fsp3) is 0.632. The molecule has 0 bridgehead atoms. The number of rotatable bonds is 4. The van der Waals surface area contributed by atoms with Crippen molar-refractivity contribution in [3.8, 4) is 5.75 Å². The minimum Gasteiger partial charge on any atom is -0.491 e. The summed E-state index contributed by atoms with van der Waals surface area (Å²) in [6.07, 6.45) is 3.29. The molecule has 5 nitrogen and oxygen atoms in total. The molecule has 0 saturated carbocycles. The number of ether oxygens (including phenoxy) is 1. The van der Waals surface area contributed by atoms with Crippen molar-refractivity contribution in [2.75, 3.05) is 33.3 Å². The van der Waals surface area contributed by atoms with E-state index in [-0.39, 0.29) is 17.6 Å². The highest BCUT2D eigenvalue weighted by Gasteiger charge is 2.37. The largest absolute Gasteiger partial charge is 0.491 e. The molecular weight excluding hydrogens is 321 g/mol. The number of hydrogen-bond acceptors (Lipinski definition) is 3. The summed E-state index contributed by atoms with van der Waals surface area (Å²) < 4.78 is 19.1. The highest BCUT2D eigenvalue weighted by atomic mass is 19.1. The second-order valence-corrected chi connectivity index (χ2v) is 7.07. The number of urea groups is 1. The zero-order chi connectivity index (χ0) is 17.8. The summed E-state index contributed by atoms with van der Waals surface area (Å²) in [5, 5.41) is 2.96. The third-order valence-corrected chi connectivity index (χ3v) is 5.27. The minimum absolute atomic E-state index is 0.0338. The Morgan fingerprint density at radius 2 is 2.20 bits per heavy atom. The van der Waals surface area contributed by atoms with Crippen molar-refractivity contribution in [3.05, 3.63) is 29.6 Å². The molecule has 6 heteroatoms. The van der Waals surface area contributed by atoms with Crippen molar-refractivity contribution in [2.45, 2.75) is 38.8 Å². The van der Waals surface area contributed by atoms with Crippen LogP contribution in [0.1, 0.15) is 31.7 Å². The molecule has 2 atom stereocenters. The van der Waals surface area contributed by atoms with Crippen LogP contribution in [0.3, 0.4) is 0 Å². The van der Waals surface area contributed by atoms with Gasteiger partial charge in [-0.1, -0.05) is 6.07 Å². The average Bonchev–Trinajstić information content (AvgIpc) is 2.61. The Morgan fingerprint density at radius 3 is 2.96 bits per heavy atom. The number of carbonyl (C=O) groups excluding carboxylic acids is 1. The normalized spacial score (nSPS) is 23.9. The highest BCUT2D eigenvalue weighted by molar-refractivity contribution is 5.74. The predicted octanol–water partition coefficient (Wildman–Crippen LogP) is 2.85. The van der Waals surface area contributed by atoms with Crippen molar-refractivity contribution in [2.24, 2.45) is 5.92 Å². The summed E-state index contributed by atoms with van der Waals surface area (Å²) in [6.45, 7) is 5.50. The van der Waals surface area contributed by atoms with Crippen molar-refractivity contribution in [1.29, 1.82) is 0 Å².